The zero-order valence-electron chi connectivity index (χ0n) is 3.71. The maximum absolute atomic E-state index is 10.3. The van der Waals surface area contributed by atoms with Crippen molar-refractivity contribution in [1.29, 1.82) is 0 Å². The summed E-state index contributed by atoms with van der Waals surface area (Å²) in [4.78, 5) is 3.53. The summed E-state index contributed by atoms with van der Waals surface area (Å²) in [5.74, 6) is 0. The second kappa shape index (κ2) is 2.20. The number of nitrogens with zero attached hydrogens (tertiary/aromatic N) is 2. The van der Waals surface area contributed by atoms with Gasteiger partial charge in [-0.25, -0.2) is 5.10 Å². The zero-order valence-corrected chi connectivity index (χ0v) is 5.36. The fraction of sp³-hybridized carbons (Fsp3) is 0. The summed E-state index contributed by atoms with van der Waals surface area (Å²) in [7, 11) is -1.87. The third-order valence-electron chi connectivity index (χ3n) is 0.569. The van der Waals surface area contributed by atoms with Gasteiger partial charge in [-0.3, -0.25) is 0 Å². The molecule has 0 aliphatic rings. The van der Waals surface area contributed by atoms with Crippen LogP contribution < -0.4 is 5.57 Å². The molecule has 0 fully saturated rings. The van der Waals surface area contributed by atoms with E-state index in [2.05, 4.69) is 15.2 Å². The van der Waals surface area contributed by atoms with E-state index in [0.29, 0.717) is 0 Å². The average Bonchev–Trinajstić information content (AvgIpc) is 2.12. The molecule has 0 saturated heterocycles. The van der Waals surface area contributed by atoms with Crippen LogP contribution in [0.5, 0.6) is 0 Å². The van der Waals surface area contributed by atoms with Crippen molar-refractivity contribution in [3.8, 4) is 0 Å². The first-order valence-corrected chi connectivity index (χ1v) is 3.95. The van der Waals surface area contributed by atoms with Gasteiger partial charge in [0.05, 0.1) is 0 Å². The molecule has 1 atom stereocenters. The van der Waals surface area contributed by atoms with Crippen LogP contribution in [-0.4, -0.2) is 15.2 Å². The molecule has 4 nitrogen and oxygen atoms in total. The Hall–Kier alpha value is -0.470. The van der Waals surface area contributed by atoms with E-state index in [1.54, 1.807) is 0 Å². The molecule has 0 bridgehead atoms. The summed E-state index contributed by atoms with van der Waals surface area (Å²) < 4.78 is 10.3. The van der Waals surface area contributed by atoms with Crippen molar-refractivity contribution < 1.29 is 4.57 Å². The summed E-state index contributed by atoms with van der Waals surface area (Å²) in [6.07, 6.45) is 1.25. The summed E-state index contributed by atoms with van der Waals surface area (Å²) >= 11 is 5.12. The number of H-pyrrole nitrogens is 1. The molecule has 42 valence electrons. The molecule has 0 amide bonds. The first-order valence-electron chi connectivity index (χ1n) is 1.79. The highest BCUT2D eigenvalue weighted by molar-refractivity contribution is 7.79. The van der Waals surface area contributed by atoms with Gasteiger partial charge in [-0.15, -0.1) is 0 Å². The lowest BCUT2D eigenvalue weighted by Gasteiger charge is -1.60. The molecule has 0 aliphatic heterocycles. The van der Waals surface area contributed by atoms with Crippen molar-refractivity contribution in [2.24, 2.45) is 0 Å². The van der Waals surface area contributed by atoms with E-state index in [0.717, 1.165) is 0 Å². The molecule has 8 heavy (non-hydrogen) atoms. The second-order valence-corrected chi connectivity index (χ2v) is 2.89. The Labute approximate surface area is 50.8 Å². The number of aromatic amines is 1. The standard InChI is InChI=1S/C2H2ClN3OP/c3-8(7)2-4-1-5-6-2/h1H,(H,4,5,6)/q+1. The van der Waals surface area contributed by atoms with Crippen molar-refractivity contribution in [2.75, 3.05) is 0 Å². The summed E-state index contributed by atoms with van der Waals surface area (Å²) in [5.41, 5.74) is 0.224. The maximum Gasteiger partial charge on any atom is 0.535 e. The highest BCUT2D eigenvalue weighted by atomic mass is 35.7. The Bertz CT molecular complexity index is 185. The molecule has 1 aromatic heterocycles. The number of aromatic nitrogens is 3. The summed E-state index contributed by atoms with van der Waals surface area (Å²) in [5, 5.41) is 5.80. The molecule has 0 spiro atoms. The molecule has 1 unspecified atom stereocenters. The van der Waals surface area contributed by atoms with Gasteiger partial charge in [0.1, 0.15) is 6.33 Å². The Morgan fingerprint density at radius 3 is 2.88 bits per heavy atom. The fourth-order valence-electron chi connectivity index (χ4n) is 0.284. The predicted molar refractivity (Wildman–Crippen MR) is 29.5 cm³/mol. The number of nitrogens with one attached hydrogen (secondary N) is 1. The number of rotatable bonds is 1. The SMILES string of the molecule is O=[P+](Cl)c1ncn[nH]1. The van der Waals surface area contributed by atoms with Crippen LogP contribution in [0, 0.1) is 0 Å². The Balaban J connectivity index is 2.93. The van der Waals surface area contributed by atoms with Crippen LogP contribution in [0.4, 0.5) is 0 Å². The van der Waals surface area contributed by atoms with Crippen LogP contribution in [0.25, 0.3) is 0 Å². The van der Waals surface area contributed by atoms with Gasteiger partial charge >= 0.3 is 12.7 Å². The van der Waals surface area contributed by atoms with E-state index >= 15 is 0 Å². The highest BCUT2D eigenvalue weighted by Gasteiger charge is 2.19. The van der Waals surface area contributed by atoms with Crippen molar-refractivity contribution in [1.82, 2.24) is 15.2 Å². The zero-order chi connectivity index (χ0) is 5.98. The lowest BCUT2D eigenvalue weighted by molar-refractivity contribution is 0.599. The van der Waals surface area contributed by atoms with Gasteiger partial charge in [0.15, 0.2) is 0 Å². The van der Waals surface area contributed by atoms with Gasteiger partial charge in [-0.05, 0) is 4.57 Å². The molecular weight excluding hydrogens is 148 g/mol. The first kappa shape index (κ1) is 5.66. The number of hydrogen-bond acceptors (Lipinski definition) is 3. The normalized spacial score (nSPS) is 11.4. The largest absolute Gasteiger partial charge is 0.535 e. The van der Waals surface area contributed by atoms with E-state index in [9.17, 15) is 4.57 Å². The van der Waals surface area contributed by atoms with Gasteiger partial charge in [-0.2, -0.15) is 10.1 Å². The van der Waals surface area contributed by atoms with E-state index < -0.39 is 7.15 Å². The van der Waals surface area contributed by atoms with Crippen LogP contribution in [0.2, 0.25) is 0 Å². The minimum Gasteiger partial charge on any atom is -0.219 e. The number of halogens is 1. The lowest BCUT2D eigenvalue weighted by Crippen LogP contribution is -1.96. The Morgan fingerprint density at radius 2 is 2.62 bits per heavy atom. The van der Waals surface area contributed by atoms with Gasteiger partial charge in [0.2, 0.25) is 11.2 Å². The van der Waals surface area contributed by atoms with Gasteiger partial charge < -0.3 is 0 Å². The molecular formula is C2H2ClN3OP+. The second-order valence-electron chi connectivity index (χ2n) is 1.05. The van der Waals surface area contributed by atoms with Gasteiger partial charge in [0, 0.05) is 0 Å². The summed E-state index contributed by atoms with van der Waals surface area (Å²) in [6, 6.07) is 0. The van der Waals surface area contributed by atoms with Crippen molar-refractivity contribution in [3.05, 3.63) is 6.33 Å². The van der Waals surface area contributed by atoms with Gasteiger partial charge in [-0.1, -0.05) is 0 Å². The molecule has 6 heteroatoms. The summed E-state index contributed by atoms with van der Waals surface area (Å²) in [6.45, 7) is 0. The highest BCUT2D eigenvalue weighted by Crippen LogP contribution is 2.21. The van der Waals surface area contributed by atoms with Crippen LogP contribution in [0.3, 0.4) is 0 Å². The maximum atomic E-state index is 10.3. The van der Waals surface area contributed by atoms with Gasteiger partial charge in [0.25, 0.3) is 0 Å². The van der Waals surface area contributed by atoms with E-state index in [1.165, 1.54) is 6.33 Å². The smallest absolute Gasteiger partial charge is 0.219 e. The minimum atomic E-state index is -1.87. The molecule has 0 aromatic carbocycles. The third-order valence-corrected chi connectivity index (χ3v) is 1.60. The topological polar surface area (TPSA) is 58.6 Å². The molecule has 1 heterocycles. The fourth-order valence-corrected chi connectivity index (χ4v) is 0.807. The van der Waals surface area contributed by atoms with Crippen molar-refractivity contribution >= 4 is 24.0 Å². The molecule has 0 radical (unpaired) electrons. The first-order chi connectivity index (χ1) is 3.80. The molecule has 0 aliphatic carbocycles. The van der Waals surface area contributed by atoms with Crippen LogP contribution in [-0.2, 0) is 4.57 Å². The molecule has 0 saturated carbocycles. The van der Waals surface area contributed by atoms with Crippen LogP contribution >= 0.6 is 18.4 Å². The molecule has 1 rings (SSSR count). The van der Waals surface area contributed by atoms with Crippen LogP contribution in [0.15, 0.2) is 6.33 Å². The third kappa shape index (κ3) is 1.02. The van der Waals surface area contributed by atoms with E-state index in [-0.39, 0.29) is 5.57 Å². The molecule has 1 aromatic rings. The minimum absolute atomic E-state index is 0.224. The average molecular weight is 150 g/mol. The van der Waals surface area contributed by atoms with Crippen molar-refractivity contribution in [3.63, 3.8) is 0 Å². The molecule has 1 N–H and O–H groups in total. The quantitative estimate of drug-likeness (QED) is 0.590. The predicted octanol–water partition coefficient (Wildman–Crippen LogP) is 0.411. The monoisotopic (exact) mass is 150 g/mol. The van der Waals surface area contributed by atoms with E-state index in [1.807, 2.05) is 0 Å². The van der Waals surface area contributed by atoms with Crippen LogP contribution in [0.1, 0.15) is 0 Å². The van der Waals surface area contributed by atoms with Crippen molar-refractivity contribution in [2.45, 2.75) is 0 Å². The lowest BCUT2D eigenvalue weighted by atomic mass is 11.3. The Kier molecular flexibility index (Phi) is 1.56. The van der Waals surface area contributed by atoms with E-state index in [4.69, 9.17) is 11.2 Å². The number of hydrogen-bond donors (Lipinski definition) is 1. The Morgan fingerprint density at radius 1 is 1.88 bits per heavy atom.